The van der Waals surface area contributed by atoms with Crippen molar-refractivity contribution < 1.29 is 13.5 Å². The third-order valence-electron chi connectivity index (χ3n) is 6.51. The third-order valence-corrected chi connectivity index (χ3v) is 7.54. The second-order valence-electron chi connectivity index (χ2n) is 9.03. The Hall–Kier alpha value is -3.62. The molecule has 1 fully saturated rings. The topological polar surface area (TPSA) is 52.8 Å². The van der Waals surface area contributed by atoms with Crippen molar-refractivity contribution in [2.45, 2.75) is 36.4 Å². The Morgan fingerprint density at radius 1 is 0.919 bits per heavy atom. The molecular formula is C29H24F2N4OS. The van der Waals surface area contributed by atoms with Gasteiger partial charge in [-0.1, -0.05) is 66.4 Å². The van der Waals surface area contributed by atoms with Crippen molar-refractivity contribution in [2.75, 3.05) is 6.61 Å². The van der Waals surface area contributed by atoms with E-state index in [2.05, 4.69) is 20.8 Å². The highest BCUT2D eigenvalue weighted by molar-refractivity contribution is 7.98. The number of aromatic nitrogens is 4. The van der Waals surface area contributed by atoms with E-state index in [-0.39, 0.29) is 6.10 Å². The van der Waals surface area contributed by atoms with Crippen LogP contribution >= 0.6 is 11.8 Å². The highest BCUT2D eigenvalue weighted by Gasteiger charge is 2.23. The first-order valence-electron chi connectivity index (χ1n) is 12.2. The Bertz CT molecular complexity index is 1550. The summed E-state index contributed by atoms with van der Waals surface area (Å²) >= 11 is 1.45. The van der Waals surface area contributed by atoms with Gasteiger partial charge >= 0.3 is 0 Å². The Labute approximate surface area is 217 Å². The maximum Gasteiger partial charge on any atom is 0.191 e. The predicted octanol–water partition coefficient (Wildman–Crippen LogP) is 6.91. The van der Waals surface area contributed by atoms with Gasteiger partial charge < -0.3 is 4.74 Å². The van der Waals surface area contributed by atoms with Gasteiger partial charge in [0.15, 0.2) is 22.6 Å². The average molecular weight is 515 g/mol. The second-order valence-corrected chi connectivity index (χ2v) is 9.97. The van der Waals surface area contributed by atoms with Gasteiger partial charge in [-0.15, -0.1) is 10.2 Å². The average Bonchev–Trinajstić information content (AvgIpc) is 3.59. The summed E-state index contributed by atoms with van der Waals surface area (Å²) in [6.07, 6.45) is 2.06. The lowest BCUT2D eigenvalue weighted by Gasteiger charge is -2.16. The highest BCUT2D eigenvalue weighted by Crippen LogP contribution is 2.34. The molecule has 0 saturated carbocycles. The fraction of sp³-hybridized carbons (Fsp3) is 0.207. The van der Waals surface area contributed by atoms with E-state index in [1.165, 1.54) is 17.8 Å². The molecule has 186 valence electrons. The summed E-state index contributed by atoms with van der Waals surface area (Å²) in [6, 6.07) is 24.1. The number of fused-ring (bicyclic) bond motifs is 1. The number of pyridine rings is 1. The van der Waals surface area contributed by atoms with E-state index in [0.29, 0.717) is 23.0 Å². The van der Waals surface area contributed by atoms with Crippen LogP contribution in [0.25, 0.3) is 33.5 Å². The number of hydrogen-bond donors (Lipinski definition) is 0. The van der Waals surface area contributed by atoms with E-state index in [1.807, 2.05) is 54.6 Å². The molecule has 0 bridgehead atoms. The van der Waals surface area contributed by atoms with Crippen molar-refractivity contribution in [1.29, 1.82) is 0 Å². The van der Waals surface area contributed by atoms with Gasteiger partial charge in [0, 0.05) is 28.9 Å². The van der Waals surface area contributed by atoms with Crippen molar-refractivity contribution in [3.63, 3.8) is 0 Å². The number of benzene rings is 3. The molecule has 3 heterocycles. The molecule has 1 saturated heterocycles. The van der Waals surface area contributed by atoms with Crippen LogP contribution < -0.4 is 0 Å². The number of halogens is 2. The van der Waals surface area contributed by atoms with E-state index in [4.69, 9.17) is 9.72 Å². The van der Waals surface area contributed by atoms with Crippen LogP contribution in [0.3, 0.4) is 0 Å². The van der Waals surface area contributed by atoms with Crippen molar-refractivity contribution in [1.82, 2.24) is 19.7 Å². The number of rotatable bonds is 7. The fourth-order valence-electron chi connectivity index (χ4n) is 4.65. The molecule has 1 aliphatic heterocycles. The summed E-state index contributed by atoms with van der Waals surface area (Å²) in [5.41, 5.74) is 4.37. The summed E-state index contributed by atoms with van der Waals surface area (Å²) in [5.74, 6) is -0.528. The van der Waals surface area contributed by atoms with Crippen molar-refractivity contribution in [3.8, 4) is 22.6 Å². The maximum absolute atomic E-state index is 13.8. The lowest BCUT2D eigenvalue weighted by atomic mass is 10.0. The molecule has 0 aliphatic carbocycles. The maximum atomic E-state index is 13.8. The Balaban J connectivity index is 1.43. The van der Waals surface area contributed by atoms with Gasteiger partial charge in [-0.25, -0.2) is 13.8 Å². The molecular weight excluding hydrogens is 490 g/mol. The number of nitrogens with zero attached hydrogens (tertiary/aromatic N) is 4. The molecule has 2 aromatic heterocycles. The molecule has 6 rings (SSSR count). The van der Waals surface area contributed by atoms with Gasteiger partial charge in [0.2, 0.25) is 0 Å². The van der Waals surface area contributed by atoms with Gasteiger partial charge in [-0.05, 0) is 42.7 Å². The molecule has 1 unspecified atom stereocenters. The molecule has 3 aromatic carbocycles. The molecule has 37 heavy (non-hydrogen) atoms. The SMILES string of the molecule is Fc1ccc(CSc2nnc(-c3cc(-c4ccccc4)nc4ccccc34)n2CC2CCCO2)cc1F. The third kappa shape index (κ3) is 4.99. The van der Waals surface area contributed by atoms with Gasteiger partial charge in [0.1, 0.15) is 0 Å². The van der Waals surface area contributed by atoms with Crippen LogP contribution in [0.15, 0.2) is 84.0 Å². The molecule has 1 atom stereocenters. The second kappa shape index (κ2) is 10.4. The number of thioether (sulfide) groups is 1. The van der Waals surface area contributed by atoms with Crippen molar-refractivity contribution in [2.24, 2.45) is 0 Å². The minimum absolute atomic E-state index is 0.0686. The monoisotopic (exact) mass is 514 g/mol. The molecule has 5 nitrogen and oxygen atoms in total. The van der Waals surface area contributed by atoms with E-state index in [0.717, 1.165) is 59.1 Å². The van der Waals surface area contributed by atoms with Crippen molar-refractivity contribution in [3.05, 3.63) is 96.1 Å². The van der Waals surface area contributed by atoms with E-state index in [1.54, 1.807) is 6.07 Å². The van der Waals surface area contributed by atoms with Gasteiger partial charge in [0.05, 0.1) is 23.9 Å². The minimum Gasteiger partial charge on any atom is -0.376 e. The van der Waals surface area contributed by atoms with E-state index < -0.39 is 11.6 Å². The zero-order valence-corrected chi connectivity index (χ0v) is 20.8. The van der Waals surface area contributed by atoms with Gasteiger partial charge in [0.25, 0.3) is 0 Å². The van der Waals surface area contributed by atoms with E-state index in [9.17, 15) is 8.78 Å². The molecule has 5 aromatic rings. The molecule has 1 aliphatic rings. The normalized spacial score (nSPS) is 15.5. The zero-order valence-electron chi connectivity index (χ0n) is 20.0. The summed E-state index contributed by atoms with van der Waals surface area (Å²) < 4.78 is 35.2. The smallest absolute Gasteiger partial charge is 0.191 e. The quantitative estimate of drug-likeness (QED) is 0.221. The standard InChI is InChI=1S/C29H24F2N4OS/c30-24-13-12-19(15-25(24)31)18-37-29-34-33-28(35(29)17-21-9-6-14-36-21)23-16-27(20-7-2-1-3-8-20)32-26-11-5-4-10-22(23)26/h1-5,7-8,10-13,15-16,21H,6,9,14,17-18H2. The first-order chi connectivity index (χ1) is 18.2. The molecule has 0 spiro atoms. The molecule has 0 amide bonds. The van der Waals surface area contributed by atoms with Crippen molar-refractivity contribution >= 4 is 22.7 Å². The molecule has 8 heteroatoms. The predicted molar refractivity (Wildman–Crippen MR) is 141 cm³/mol. The van der Waals surface area contributed by atoms with Crippen LogP contribution in [-0.2, 0) is 17.0 Å². The fourth-order valence-corrected chi connectivity index (χ4v) is 5.54. The molecule has 0 radical (unpaired) electrons. The van der Waals surface area contributed by atoms with Crippen LogP contribution in [-0.4, -0.2) is 32.5 Å². The minimum atomic E-state index is -0.851. The number of hydrogen-bond acceptors (Lipinski definition) is 5. The van der Waals surface area contributed by atoms with E-state index >= 15 is 0 Å². The zero-order chi connectivity index (χ0) is 25.2. The van der Waals surface area contributed by atoms with Gasteiger partial charge in [-0.3, -0.25) is 4.57 Å². The Kier molecular flexibility index (Phi) is 6.68. The van der Waals surface area contributed by atoms with Crippen LogP contribution in [0.2, 0.25) is 0 Å². The van der Waals surface area contributed by atoms with Crippen LogP contribution in [0.5, 0.6) is 0 Å². The molecule has 0 N–H and O–H groups in total. The summed E-state index contributed by atoms with van der Waals surface area (Å²) in [7, 11) is 0. The summed E-state index contributed by atoms with van der Waals surface area (Å²) in [5, 5.41) is 10.9. The van der Waals surface area contributed by atoms with Crippen LogP contribution in [0.1, 0.15) is 18.4 Å². The largest absolute Gasteiger partial charge is 0.376 e. The summed E-state index contributed by atoms with van der Waals surface area (Å²) in [6.45, 7) is 1.36. The first-order valence-corrected chi connectivity index (χ1v) is 13.2. The number of ether oxygens (including phenoxy) is 1. The number of para-hydroxylation sites is 1. The lowest BCUT2D eigenvalue weighted by Crippen LogP contribution is -2.16. The first kappa shape index (κ1) is 23.8. The summed E-state index contributed by atoms with van der Waals surface area (Å²) in [4.78, 5) is 4.91. The van der Waals surface area contributed by atoms with Gasteiger partial charge in [-0.2, -0.15) is 0 Å². The lowest BCUT2D eigenvalue weighted by molar-refractivity contribution is 0.0953. The van der Waals surface area contributed by atoms with Crippen LogP contribution in [0.4, 0.5) is 8.78 Å². The van der Waals surface area contributed by atoms with Crippen LogP contribution in [0, 0.1) is 11.6 Å². The Morgan fingerprint density at radius 2 is 1.76 bits per heavy atom. The highest BCUT2D eigenvalue weighted by atomic mass is 32.2. The Morgan fingerprint density at radius 3 is 2.57 bits per heavy atom.